The van der Waals surface area contributed by atoms with Gasteiger partial charge >= 0.3 is 11.9 Å². The van der Waals surface area contributed by atoms with E-state index in [1.165, 1.54) is 14.2 Å². The number of Topliss-reactive ketones (excluding diaryl/α,β-unsaturated/α-hetero) is 1. The van der Waals surface area contributed by atoms with Gasteiger partial charge in [-0.25, -0.2) is 9.59 Å². The number of fused-ring (bicyclic) bond motifs is 2. The summed E-state index contributed by atoms with van der Waals surface area (Å²) in [6.07, 6.45) is 0.991. The molecule has 0 radical (unpaired) electrons. The molecule has 0 aromatic heterocycles. The lowest BCUT2D eigenvalue weighted by Gasteiger charge is -2.39. The summed E-state index contributed by atoms with van der Waals surface area (Å²) in [6.45, 7) is 10.6. The highest BCUT2D eigenvalue weighted by Gasteiger charge is 2.41. The van der Waals surface area contributed by atoms with E-state index in [9.17, 15) is 19.2 Å². The molecule has 216 valence electrons. The Kier molecular flexibility index (Phi) is 9.57. The average molecular weight is 556 g/mol. The number of rotatable bonds is 7. The monoisotopic (exact) mass is 555 g/mol. The van der Waals surface area contributed by atoms with Crippen molar-refractivity contribution in [1.82, 2.24) is 0 Å². The molecule has 0 unspecified atom stereocenters. The van der Waals surface area contributed by atoms with Crippen LogP contribution in [0.1, 0.15) is 67.3 Å². The zero-order valence-corrected chi connectivity index (χ0v) is 24.1. The largest absolute Gasteiger partial charge is 0.480 e. The van der Waals surface area contributed by atoms with Crippen molar-refractivity contribution < 1.29 is 42.9 Å². The zero-order valence-electron chi connectivity index (χ0n) is 24.1. The maximum atomic E-state index is 12.7. The topological polar surface area (TPSA) is 118 Å². The molecule has 2 aromatic carbocycles. The van der Waals surface area contributed by atoms with Crippen molar-refractivity contribution >= 4 is 29.3 Å². The Morgan fingerprint density at radius 2 is 1.45 bits per heavy atom. The number of amides is 1. The third-order valence-electron chi connectivity index (χ3n) is 6.54. The van der Waals surface area contributed by atoms with Crippen LogP contribution in [0.2, 0.25) is 0 Å². The van der Waals surface area contributed by atoms with Crippen LogP contribution < -0.4 is 14.4 Å². The van der Waals surface area contributed by atoms with Crippen molar-refractivity contribution in [3.05, 3.63) is 53.1 Å². The minimum Gasteiger partial charge on any atom is -0.480 e. The SMILES string of the molecule is CCOCCCN1C(=O)C(C)(C)Oc2ccc(C(=O)OC)cc21.COC(=O)c1ccc2c(c1)CC(=O)C(C)(C)O2. The fourth-order valence-corrected chi connectivity index (χ4v) is 4.28. The molecule has 0 atom stereocenters. The number of ketones is 1. The highest BCUT2D eigenvalue weighted by Crippen LogP contribution is 2.38. The molecule has 4 rings (SSSR count). The molecule has 2 aliphatic rings. The number of carbonyl (C=O) groups is 4. The lowest BCUT2D eigenvalue weighted by atomic mass is 9.92. The highest BCUT2D eigenvalue weighted by atomic mass is 16.5. The second kappa shape index (κ2) is 12.5. The number of carbonyl (C=O) groups excluding carboxylic acids is 4. The van der Waals surface area contributed by atoms with Gasteiger partial charge in [-0.05, 0) is 77.4 Å². The van der Waals surface area contributed by atoms with Gasteiger partial charge in [-0.3, -0.25) is 9.59 Å². The van der Waals surface area contributed by atoms with Crippen molar-refractivity contribution in [2.45, 2.75) is 58.7 Å². The Balaban J connectivity index is 0.000000230. The molecule has 2 aliphatic heterocycles. The first-order valence-corrected chi connectivity index (χ1v) is 13.1. The van der Waals surface area contributed by atoms with E-state index in [2.05, 4.69) is 4.74 Å². The van der Waals surface area contributed by atoms with E-state index in [4.69, 9.17) is 18.9 Å². The molecule has 10 nitrogen and oxygen atoms in total. The van der Waals surface area contributed by atoms with Crippen LogP contribution in [0.3, 0.4) is 0 Å². The minimum absolute atomic E-state index is 0.00650. The Morgan fingerprint density at radius 3 is 2.05 bits per heavy atom. The lowest BCUT2D eigenvalue weighted by molar-refractivity contribution is -0.133. The maximum absolute atomic E-state index is 12.7. The van der Waals surface area contributed by atoms with E-state index in [1.807, 2.05) is 6.92 Å². The molecule has 1 amide bonds. The van der Waals surface area contributed by atoms with Crippen LogP contribution in [0.4, 0.5) is 5.69 Å². The number of benzene rings is 2. The predicted molar refractivity (Wildman–Crippen MR) is 147 cm³/mol. The molecule has 2 heterocycles. The number of ether oxygens (including phenoxy) is 5. The van der Waals surface area contributed by atoms with Gasteiger partial charge in [0.15, 0.2) is 17.0 Å². The number of hydrogen-bond donors (Lipinski definition) is 0. The molecule has 2 aromatic rings. The summed E-state index contributed by atoms with van der Waals surface area (Å²) in [7, 11) is 2.65. The number of nitrogens with zero attached hydrogens (tertiary/aromatic N) is 1. The van der Waals surface area contributed by atoms with Crippen LogP contribution in [-0.2, 0) is 30.2 Å². The molecule has 0 N–H and O–H groups in total. The summed E-state index contributed by atoms with van der Waals surface area (Å²) in [5, 5.41) is 0. The van der Waals surface area contributed by atoms with Crippen LogP contribution in [0.25, 0.3) is 0 Å². The summed E-state index contributed by atoms with van der Waals surface area (Å²) < 4.78 is 26.1. The molecule has 0 fully saturated rings. The summed E-state index contributed by atoms with van der Waals surface area (Å²) in [5.41, 5.74) is 0.413. The average Bonchev–Trinajstić information content (AvgIpc) is 2.92. The quantitative estimate of drug-likeness (QED) is 0.367. The predicted octanol–water partition coefficient (Wildman–Crippen LogP) is 4.16. The van der Waals surface area contributed by atoms with Gasteiger partial charge in [0.25, 0.3) is 5.91 Å². The van der Waals surface area contributed by atoms with Gasteiger partial charge in [0, 0.05) is 31.7 Å². The Bertz CT molecular complexity index is 1280. The van der Waals surface area contributed by atoms with Gasteiger partial charge in [-0.15, -0.1) is 0 Å². The number of methoxy groups -OCH3 is 2. The molecule has 0 aliphatic carbocycles. The molecular weight excluding hydrogens is 518 g/mol. The molecule has 0 saturated carbocycles. The van der Waals surface area contributed by atoms with Crippen LogP contribution in [0.15, 0.2) is 36.4 Å². The van der Waals surface area contributed by atoms with Crippen molar-refractivity contribution in [2.24, 2.45) is 0 Å². The lowest BCUT2D eigenvalue weighted by Crippen LogP contribution is -2.53. The van der Waals surface area contributed by atoms with Gasteiger partial charge in [0.2, 0.25) is 0 Å². The van der Waals surface area contributed by atoms with E-state index in [-0.39, 0.29) is 18.1 Å². The highest BCUT2D eigenvalue weighted by molar-refractivity contribution is 6.03. The van der Waals surface area contributed by atoms with Crippen molar-refractivity contribution in [3.63, 3.8) is 0 Å². The summed E-state index contributed by atoms with van der Waals surface area (Å²) >= 11 is 0. The first kappa shape index (κ1) is 30.6. The van der Waals surface area contributed by atoms with Crippen LogP contribution in [-0.4, -0.2) is 68.8 Å². The Hall–Kier alpha value is -3.92. The van der Waals surface area contributed by atoms with Crippen LogP contribution >= 0.6 is 0 Å². The molecule has 40 heavy (non-hydrogen) atoms. The first-order chi connectivity index (χ1) is 18.8. The second-order valence-electron chi connectivity index (χ2n) is 10.3. The van der Waals surface area contributed by atoms with E-state index in [1.54, 1.807) is 69.0 Å². The van der Waals surface area contributed by atoms with Crippen LogP contribution in [0.5, 0.6) is 11.5 Å². The van der Waals surface area contributed by atoms with Gasteiger partial charge in [-0.1, -0.05) is 0 Å². The number of esters is 2. The second-order valence-corrected chi connectivity index (χ2v) is 10.3. The normalized spacial score (nSPS) is 16.3. The van der Waals surface area contributed by atoms with E-state index in [0.29, 0.717) is 54.5 Å². The summed E-state index contributed by atoms with van der Waals surface area (Å²) in [6, 6.07) is 9.95. The zero-order chi connectivity index (χ0) is 29.7. The van der Waals surface area contributed by atoms with Crippen molar-refractivity contribution in [3.8, 4) is 11.5 Å². The molecule has 0 saturated heterocycles. The van der Waals surface area contributed by atoms with Crippen molar-refractivity contribution in [1.29, 1.82) is 0 Å². The van der Waals surface area contributed by atoms with E-state index < -0.39 is 23.1 Å². The van der Waals surface area contributed by atoms with E-state index in [0.717, 1.165) is 5.56 Å². The van der Waals surface area contributed by atoms with E-state index >= 15 is 0 Å². The van der Waals surface area contributed by atoms with Gasteiger partial charge in [0.05, 0.1) is 31.0 Å². The molecule has 10 heteroatoms. The van der Waals surface area contributed by atoms with Crippen LogP contribution in [0, 0.1) is 0 Å². The standard InChI is InChI=1S/C17H23NO5.C13H14O4/c1-5-22-10-6-9-18-13-11-12(15(19)21-4)7-8-14(13)23-17(2,3)16(18)20;1-13(2)11(14)7-9-6-8(12(15)16-3)4-5-10(9)17-13/h7-8,11H,5-6,9-10H2,1-4H3;4-6H,7H2,1-3H3. The van der Waals surface area contributed by atoms with Gasteiger partial charge < -0.3 is 28.6 Å². The third kappa shape index (κ3) is 6.80. The van der Waals surface area contributed by atoms with Gasteiger partial charge in [0.1, 0.15) is 11.5 Å². The van der Waals surface area contributed by atoms with Crippen molar-refractivity contribution in [2.75, 3.05) is 38.9 Å². The third-order valence-corrected chi connectivity index (χ3v) is 6.54. The number of anilines is 1. The smallest absolute Gasteiger partial charge is 0.337 e. The Morgan fingerprint density at radius 1 is 0.875 bits per heavy atom. The summed E-state index contributed by atoms with van der Waals surface area (Å²) in [5.74, 6) is 0.251. The summed E-state index contributed by atoms with van der Waals surface area (Å²) in [4.78, 5) is 49.2. The molecule has 0 spiro atoms. The van der Waals surface area contributed by atoms with Gasteiger partial charge in [-0.2, -0.15) is 0 Å². The number of hydrogen-bond acceptors (Lipinski definition) is 9. The minimum atomic E-state index is -0.939. The first-order valence-electron chi connectivity index (χ1n) is 13.1. The fraction of sp³-hybridized carbons (Fsp3) is 0.467. The fourth-order valence-electron chi connectivity index (χ4n) is 4.28. The Labute approximate surface area is 234 Å². The maximum Gasteiger partial charge on any atom is 0.337 e. The molecule has 0 bridgehead atoms. The molecular formula is C30H37NO9.